The van der Waals surface area contributed by atoms with Crippen molar-refractivity contribution in [1.29, 1.82) is 0 Å². The van der Waals surface area contributed by atoms with Crippen LogP contribution in [0.25, 0.3) is 0 Å². The van der Waals surface area contributed by atoms with E-state index in [9.17, 15) is 9.90 Å². The molecular weight excluding hydrogens is 292 g/mol. The molecule has 1 aliphatic heterocycles. The number of halogens is 1. The van der Waals surface area contributed by atoms with Gasteiger partial charge in [0.1, 0.15) is 5.75 Å². The molecule has 0 radical (unpaired) electrons. The van der Waals surface area contributed by atoms with Crippen molar-refractivity contribution in [3.05, 3.63) is 23.5 Å². The lowest BCUT2D eigenvalue weighted by Crippen LogP contribution is -2.49. The molecule has 1 aromatic rings. The molecule has 7 heteroatoms. The van der Waals surface area contributed by atoms with Gasteiger partial charge in [0.05, 0.1) is 12.2 Å². The maximum atomic E-state index is 12.1. The normalized spacial score (nSPS) is 14.9. The zero-order chi connectivity index (χ0) is 14.5. The van der Waals surface area contributed by atoms with E-state index >= 15 is 0 Å². The lowest BCUT2D eigenvalue weighted by molar-refractivity contribution is -0.132. The third-order valence-electron chi connectivity index (χ3n) is 3.38. The van der Waals surface area contributed by atoms with E-state index in [-0.39, 0.29) is 24.1 Å². The van der Waals surface area contributed by atoms with E-state index in [2.05, 4.69) is 10.3 Å². The molecule has 0 saturated carbocycles. The average molecular weight is 315 g/mol. The van der Waals surface area contributed by atoms with Gasteiger partial charge in [-0.25, -0.2) is 0 Å². The van der Waals surface area contributed by atoms with Gasteiger partial charge < -0.3 is 15.3 Å². The second-order valence-electron chi connectivity index (χ2n) is 5.22. The number of hydrogen-bond acceptors (Lipinski definition) is 5. The number of aromatic hydroxyl groups is 1. The van der Waals surface area contributed by atoms with Crippen LogP contribution in [0.15, 0.2) is 12.1 Å². The predicted molar refractivity (Wildman–Crippen MR) is 83.7 cm³/mol. The smallest absolute Gasteiger partial charge is 0.236 e. The molecular formula is C14H23ClN4O2. The summed E-state index contributed by atoms with van der Waals surface area (Å²) < 4.78 is 0. The number of piperazine rings is 1. The molecule has 0 unspecified atom stereocenters. The maximum Gasteiger partial charge on any atom is 0.236 e. The molecule has 1 amide bonds. The van der Waals surface area contributed by atoms with Crippen LogP contribution in [0.2, 0.25) is 0 Å². The number of nitrogens with zero attached hydrogens (tertiary/aromatic N) is 3. The lowest BCUT2D eigenvalue weighted by Gasteiger charge is -2.29. The monoisotopic (exact) mass is 314 g/mol. The highest BCUT2D eigenvalue weighted by Gasteiger charge is 2.18. The highest BCUT2D eigenvalue weighted by molar-refractivity contribution is 5.85. The van der Waals surface area contributed by atoms with Crippen LogP contribution < -0.4 is 5.32 Å². The molecule has 0 aliphatic carbocycles. The minimum absolute atomic E-state index is 0. The third kappa shape index (κ3) is 5.15. The van der Waals surface area contributed by atoms with Crippen LogP contribution in [0.1, 0.15) is 11.4 Å². The van der Waals surface area contributed by atoms with E-state index < -0.39 is 0 Å². The Balaban J connectivity index is 0.00000220. The van der Waals surface area contributed by atoms with Gasteiger partial charge in [-0.3, -0.25) is 14.7 Å². The van der Waals surface area contributed by atoms with Crippen molar-refractivity contribution in [2.24, 2.45) is 0 Å². The number of carbonyl (C=O) groups excluding carboxylic acids is 1. The molecule has 1 aliphatic rings. The number of nitrogens with one attached hydrogen (secondary N) is 1. The molecule has 0 atom stereocenters. The van der Waals surface area contributed by atoms with E-state index in [0.717, 1.165) is 31.9 Å². The Hall–Kier alpha value is -1.37. The Labute approximate surface area is 131 Å². The van der Waals surface area contributed by atoms with E-state index in [1.54, 1.807) is 12.1 Å². The summed E-state index contributed by atoms with van der Waals surface area (Å²) in [4.78, 5) is 20.2. The highest BCUT2D eigenvalue weighted by atomic mass is 35.5. The third-order valence-corrected chi connectivity index (χ3v) is 3.38. The number of pyridine rings is 1. The molecule has 2 rings (SSSR count). The van der Waals surface area contributed by atoms with Gasteiger partial charge in [-0.1, -0.05) is 0 Å². The Morgan fingerprint density at radius 3 is 2.76 bits per heavy atom. The number of aromatic nitrogens is 1. The SMILES string of the molecule is Cc1ccc(O)c(CN(C)CC(=O)N2CCNCC2)n1.Cl. The van der Waals surface area contributed by atoms with Crippen LogP contribution in [-0.4, -0.2) is 65.6 Å². The van der Waals surface area contributed by atoms with Crippen molar-refractivity contribution >= 4 is 18.3 Å². The average Bonchev–Trinajstić information content (AvgIpc) is 2.43. The molecule has 118 valence electrons. The Kier molecular flexibility index (Phi) is 6.87. The van der Waals surface area contributed by atoms with Gasteiger partial charge in [0.25, 0.3) is 0 Å². The first-order valence-electron chi connectivity index (χ1n) is 6.89. The molecule has 6 nitrogen and oxygen atoms in total. The summed E-state index contributed by atoms with van der Waals surface area (Å²) in [6.07, 6.45) is 0. The summed E-state index contributed by atoms with van der Waals surface area (Å²) in [5, 5.41) is 13.0. The molecule has 0 bridgehead atoms. The number of rotatable bonds is 4. The standard InChI is InChI=1S/C14H22N4O2.ClH/c1-11-3-4-13(19)12(16-11)9-17(2)10-14(20)18-7-5-15-6-8-18;/h3-4,15,19H,5-10H2,1-2H3;1H. The lowest BCUT2D eigenvalue weighted by atomic mass is 10.2. The summed E-state index contributed by atoms with van der Waals surface area (Å²) in [7, 11) is 1.86. The molecule has 2 N–H and O–H groups in total. The first kappa shape index (κ1) is 17.7. The minimum Gasteiger partial charge on any atom is -0.506 e. The molecule has 1 fully saturated rings. The first-order valence-corrected chi connectivity index (χ1v) is 6.89. The largest absolute Gasteiger partial charge is 0.506 e. The first-order chi connectivity index (χ1) is 9.56. The second kappa shape index (κ2) is 8.17. The molecule has 1 saturated heterocycles. The van der Waals surface area contributed by atoms with Gasteiger partial charge in [0.2, 0.25) is 5.91 Å². The van der Waals surface area contributed by atoms with Crippen LogP contribution in [0.4, 0.5) is 0 Å². The molecule has 1 aromatic heterocycles. The highest BCUT2D eigenvalue weighted by Crippen LogP contribution is 2.16. The molecule has 0 spiro atoms. The van der Waals surface area contributed by atoms with Crippen molar-refractivity contribution in [1.82, 2.24) is 20.1 Å². The number of hydrogen-bond donors (Lipinski definition) is 2. The quantitative estimate of drug-likeness (QED) is 0.841. The van der Waals surface area contributed by atoms with Crippen molar-refractivity contribution < 1.29 is 9.90 Å². The van der Waals surface area contributed by atoms with Gasteiger partial charge in [0, 0.05) is 38.4 Å². The number of amides is 1. The predicted octanol–water partition coefficient (Wildman–Crippen LogP) is 0.381. The Morgan fingerprint density at radius 2 is 2.10 bits per heavy atom. The van der Waals surface area contributed by atoms with Crippen molar-refractivity contribution in [3.63, 3.8) is 0 Å². The van der Waals surface area contributed by atoms with Crippen molar-refractivity contribution in [2.75, 3.05) is 39.8 Å². The Bertz CT molecular complexity index is 478. The zero-order valence-corrected chi connectivity index (χ0v) is 13.3. The molecule has 2 heterocycles. The minimum atomic E-state index is 0. The van der Waals surface area contributed by atoms with Gasteiger partial charge in [-0.15, -0.1) is 12.4 Å². The van der Waals surface area contributed by atoms with Crippen LogP contribution in [0.5, 0.6) is 5.75 Å². The van der Waals surface area contributed by atoms with Gasteiger partial charge in [0.15, 0.2) is 0 Å². The topological polar surface area (TPSA) is 68.7 Å². The summed E-state index contributed by atoms with van der Waals surface area (Å²) in [6.45, 7) is 5.93. The molecule has 21 heavy (non-hydrogen) atoms. The summed E-state index contributed by atoms with van der Waals surface area (Å²) in [5.74, 6) is 0.304. The summed E-state index contributed by atoms with van der Waals surface area (Å²) in [5.41, 5.74) is 1.47. The summed E-state index contributed by atoms with van der Waals surface area (Å²) in [6, 6.07) is 3.41. The van der Waals surface area contributed by atoms with Crippen molar-refractivity contribution in [3.8, 4) is 5.75 Å². The number of carbonyl (C=O) groups is 1. The van der Waals surface area contributed by atoms with Gasteiger partial charge in [-0.05, 0) is 26.1 Å². The fourth-order valence-electron chi connectivity index (χ4n) is 2.28. The zero-order valence-electron chi connectivity index (χ0n) is 12.5. The van der Waals surface area contributed by atoms with Crippen LogP contribution in [-0.2, 0) is 11.3 Å². The van der Waals surface area contributed by atoms with Crippen LogP contribution >= 0.6 is 12.4 Å². The van der Waals surface area contributed by atoms with E-state index in [1.807, 2.05) is 23.8 Å². The van der Waals surface area contributed by atoms with Gasteiger partial charge in [-0.2, -0.15) is 0 Å². The van der Waals surface area contributed by atoms with Crippen molar-refractivity contribution in [2.45, 2.75) is 13.5 Å². The second-order valence-corrected chi connectivity index (χ2v) is 5.22. The maximum absolute atomic E-state index is 12.1. The number of aryl methyl sites for hydroxylation is 1. The van der Waals surface area contributed by atoms with Gasteiger partial charge >= 0.3 is 0 Å². The fraction of sp³-hybridized carbons (Fsp3) is 0.571. The summed E-state index contributed by atoms with van der Waals surface area (Å²) >= 11 is 0. The fourth-order valence-corrected chi connectivity index (χ4v) is 2.28. The molecule has 0 aromatic carbocycles. The van der Waals surface area contributed by atoms with E-state index in [0.29, 0.717) is 18.8 Å². The van der Waals surface area contributed by atoms with Crippen LogP contribution in [0, 0.1) is 6.92 Å². The van der Waals surface area contributed by atoms with Crippen LogP contribution in [0.3, 0.4) is 0 Å². The Morgan fingerprint density at radius 1 is 1.43 bits per heavy atom. The van der Waals surface area contributed by atoms with E-state index in [4.69, 9.17) is 0 Å². The van der Waals surface area contributed by atoms with E-state index in [1.165, 1.54) is 0 Å². The number of likely N-dealkylation sites (N-methyl/N-ethyl adjacent to an activating group) is 1.